The number of carbonyl (C=O) groups is 1. The summed E-state index contributed by atoms with van der Waals surface area (Å²) >= 11 is 5.79. The number of carbonyl (C=O) groups excluding carboxylic acids is 1. The van der Waals surface area contributed by atoms with Gasteiger partial charge in [-0.25, -0.2) is 0 Å². The minimum absolute atomic E-state index is 0.0383. The number of nitrogens with zero attached hydrogens (tertiary/aromatic N) is 2. The second-order valence-electron chi connectivity index (χ2n) is 4.05. The Morgan fingerprint density at radius 3 is 2.67 bits per heavy atom. The summed E-state index contributed by atoms with van der Waals surface area (Å²) in [4.78, 5) is 11.7. The molecule has 1 N–H and O–H groups in total. The van der Waals surface area contributed by atoms with Crippen molar-refractivity contribution in [3.63, 3.8) is 0 Å². The molecule has 1 amide bonds. The van der Waals surface area contributed by atoms with E-state index < -0.39 is 0 Å². The van der Waals surface area contributed by atoms with E-state index in [9.17, 15) is 4.79 Å². The van der Waals surface area contributed by atoms with Crippen LogP contribution in [-0.4, -0.2) is 15.7 Å². The summed E-state index contributed by atoms with van der Waals surface area (Å²) in [6, 6.07) is 9.27. The molecule has 0 radical (unpaired) electrons. The van der Waals surface area contributed by atoms with Crippen LogP contribution in [0, 0.1) is 0 Å². The normalized spacial score (nSPS) is 10.3. The van der Waals surface area contributed by atoms with Crippen molar-refractivity contribution in [3.05, 3.63) is 47.1 Å². The number of anilines is 1. The molecule has 0 unspecified atom stereocenters. The number of aryl methyl sites for hydroxylation is 2. The number of nitrogens with one attached hydrogen (secondary N) is 1. The summed E-state index contributed by atoms with van der Waals surface area (Å²) in [6.07, 6.45) is 2.91. The Labute approximate surface area is 111 Å². The van der Waals surface area contributed by atoms with E-state index in [4.69, 9.17) is 11.6 Å². The van der Waals surface area contributed by atoms with Crippen LogP contribution in [-0.2, 0) is 18.3 Å². The summed E-state index contributed by atoms with van der Waals surface area (Å²) in [5.74, 6) is 0.544. The zero-order valence-corrected chi connectivity index (χ0v) is 10.8. The third-order valence-corrected chi connectivity index (χ3v) is 2.79. The quantitative estimate of drug-likeness (QED) is 0.922. The molecule has 18 heavy (non-hydrogen) atoms. The van der Waals surface area contributed by atoms with Crippen molar-refractivity contribution in [3.8, 4) is 0 Å². The van der Waals surface area contributed by atoms with Gasteiger partial charge in [0.1, 0.15) is 0 Å². The summed E-state index contributed by atoms with van der Waals surface area (Å²) in [7, 11) is 1.81. The molecule has 0 aliphatic rings. The van der Waals surface area contributed by atoms with Crippen molar-refractivity contribution in [2.45, 2.75) is 12.8 Å². The monoisotopic (exact) mass is 263 g/mol. The van der Waals surface area contributed by atoms with Gasteiger partial charge in [-0.05, 0) is 24.1 Å². The third-order valence-electron chi connectivity index (χ3n) is 2.54. The first-order valence-electron chi connectivity index (χ1n) is 5.67. The zero-order chi connectivity index (χ0) is 13.0. The fourth-order valence-electron chi connectivity index (χ4n) is 1.60. The maximum Gasteiger partial charge on any atom is 0.225 e. The topological polar surface area (TPSA) is 46.9 Å². The van der Waals surface area contributed by atoms with Gasteiger partial charge in [0.25, 0.3) is 0 Å². The summed E-state index contributed by atoms with van der Waals surface area (Å²) in [5.41, 5.74) is 1.09. The number of hydrogen-bond acceptors (Lipinski definition) is 2. The first kappa shape index (κ1) is 12.6. The molecule has 0 saturated heterocycles. The van der Waals surface area contributed by atoms with E-state index in [1.807, 2.05) is 31.3 Å². The van der Waals surface area contributed by atoms with Crippen molar-refractivity contribution in [2.75, 3.05) is 5.32 Å². The molecule has 0 atom stereocenters. The first-order chi connectivity index (χ1) is 8.63. The highest BCUT2D eigenvalue weighted by Crippen LogP contribution is 2.11. The van der Waals surface area contributed by atoms with Crippen molar-refractivity contribution in [1.29, 1.82) is 0 Å². The van der Waals surface area contributed by atoms with Gasteiger partial charge in [-0.3, -0.25) is 9.48 Å². The van der Waals surface area contributed by atoms with Gasteiger partial charge in [-0.1, -0.05) is 23.7 Å². The van der Waals surface area contributed by atoms with Crippen LogP contribution in [0.2, 0.25) is 5.02 Å². The molecule has 94 valence electrons. The number of aromatic nitrogens is 2. The fourth-order valence-corrected chi connectivity index (χ4v) is 1.72. The standard InChI is InChI=1S/C13H14ClN3O/c1-17-9-8-12(16-17)15-13(18)7-4-10-2-5-11(14)6-3-10/h2-3,5-6,8-9H,4,7H2,1H3,(H,15,16,18). The predicted octanol–water partition coefficient (Wildman–Crippen LogP) is 2.64. The summed E-state index contributed by atoms with van der Waals surface area (Å²) in [5, 5.41) is 7.54. The number of hydrogen-bond donors (Lipinski definition) is 1. The van der Waals surface area contributed by atoms with E-state index in [0.29, 0.717) is 23.7 Å². The lowest BCUT2D eigenvalue weighted by Crippen LogP contribution is -2.12. The highest BCUT2D eigenvalue weighted by molar-refractivity contribution is 6.30. The van der Waals surface area contributed by atoms with Gasteiger partial charge in [0.2, 0.25) is 5.91 Å². The fraction of sp³-hybridized carbons (Fsp3) is 0.231. The Hall–Kier alpha value is -1.81. The van der Waals surface area contributed by atoms with E-state index in [1.165, 1.54) is 0 Å². The molecule has 1 heterocycles. The Morgan fingerprint density at radius 1 is 1.33 bits per heavy atom. The highest BCUT2D eigenvalue weighted by Gasteiger charge is 2.04. The molecule has 2 aromatic rings. The number of amides is 1. The van der Waals surface area contributed by atoms with Gasteiger partial charge in [0.15, 0.2) is 5.82 Å². The molecule has 0 spiro atoms. The molecule has 0 saturated carbocycles. The molecule has 4 nitrogen and oxygen atoms in total. The molecule has 1 aromatic carbocycles. The van der Waals surface area contributed by atoms with Gasteiger partial charge in [0.05, 0.1) is 0 Å². The SMILES string of the molecule is Cn1ccc(NC(=O)CCc2ccc(Cl)cc2)n1. The zero-order valence-electron chi connectivity index (χ0n) is 10.1. The lowest BCUT2D eigenvalue weighted by Gasteiger charge is -2.02. The van der Waals surface area contributed by atoms with Gasteiger partial charge in [0, 0.05) is 30.8 Å². The van der Waals surface area contributed by atoms with Crippen LogP contribution >= 0.6 is 11.6 Å². The highest BCUT2D eigenvalue weighted by atomic mass is 35.5. The molecule has 2 rings (SSSR count). The molecular weight excluding hydrogens is 250 g/mol. The maximum absolute atomic E-state index is 11.7. The van der Waals surface area contributed by atoms with Crippen LogP contribution < -0.4 is 5.32 Å². The molecule has 5 heteroatoms. The molecule has 0 aliphatic heterocycles. The number of benzene rings is 1. The third kappa shape index (κ3) is 3.60. The van der Waals surface area contributed by atoms with Crippen molar-refractivity contribution in [1.82, 2.24) is 9.78 Å². The summed E-state index contributed by atoms with van der Waals surface area (Å²) < 4.78 is 1.65. The van der Waals surface area contributed by atoms with Gasteiger partial charge >= 0.3 is 0 Å². The lowest BCUT2D eigenvalue weighted by molar-refractivity contribution is -0.116. The van der Waals surface area contributed by atoms with E-state index in [2.05, 4.69) is 10.4 Å². The van der Waals surface area contributed by atoms with E-state index in [1.54, 1.807) is 16.9 Å². The van der Waals surface area contributed by atoms with Gasteiger partial charge in [-0.15, -0.1) is 0 Å². The van der Waals surface area contributed by atoms with Gasteiger partial charge < -0.3 is 5.32 Å². The summed E-state index contributed by atoms with van der Waals surface area (Å²) in [6.45, 7) is 0. The molecule has 0 fully saturated rings. The first-order valence-corrected chi connectivity index (χ1v) is 6.05. The van der Waals surface area contributed by atoms with Crippen LogP contribution in [0.25, 0.3) is 0 Å². The van der Waals surface area contributed by atoms with Crippen LogP contribution in [0.1, 0.15) is 12.0 Å². The second kappa shape index (κ2) is 5.69. The second-order valence-corrected chi connectivity index (χ2v) is 4.49. The number of rotatable bonds is 4. The minimum Gasteiger partial charge on any atom is -0.309 e. The predicted molar refractivity (Wildman–Crippen MR) is 71.6 cm³/mol. The Bertz CT molecular complexity index is 533. The van der Waals surface area contributed by atoms with E-state index in [-0.39, 0.29) is 5.91 Å². The lowest BCUT2D eigenvalue weighted by atomic mass is 10.1. The minimum atomic E-state index is -0.0383. The van der Waals surface area contributed by atoms with E-state index >= 15 is 0 Å². The molecule has 0 aliphatic carbocycles. The van der Waals surface area contributed by atoms with E-state index in [0.717, 1.165) is 5.56 Å². The number of halogens is 1. The maximum atomic E-state index is 11.7. The van der Waals surface area contributed by atoms with Crippen LogP contribution in [0.3, 0.4) is 0 Å². The molecular formula is C13H14ClN3O. The van der Waals surface area contributed by atoms with Crippen molar-refractivity contribution in [2.24, 2.45) is 7.05 Å². The average Bonchev–Trinajstić information content (AvgIpc) is 2.74. The van der Waals surface area contributed by atoms with Gasteiger partial charge in [-0.2, -0.15) is 5.10 Å². The smallest absolute Gasteiger partial charge is 0.225 e. The average molecular weight is 264 g/mol. The van der Waals surface area contributed by atoms with Crippen molar-refractivity contribution < 1.29 is 4.79 Å². The Balaban J connectivity index is 1.83. The van der Waals surface area contributed by atoms with Crippen molar-refractivity contribution >= 4 is 23.3 Å². The molecule has 0 bridgehead atoms. The molecule has 1 aromatic heterocycles. The Kier molecular flexibility index (Phi) is 3.99. The largest absolute Gasteiger partial charge is 0.309 e. The van der Waals surface area contributed by atoms with Crippen LogP contribution in [0.15, 0.2) is 36.5 Å². The van der Waals surface area contributed by atoms with Crippen LogP contribution in [0.5, 0.6) is 0 Å². The van der Waals surface area contributed by atoms with Crippen LogP contribution in [0.4, 0.5) is 5.82 Å². The Morgan fingerprint density at radius 2 is 2.06 bits per heavy atom.